The van der Waals surface area contributed by atoms with Crippen LogP contribution in [0.25, 0.3) is 0 Å². The molecule has 0 radical (unpaired) electrons. The standard InChI is InChI=1S/C4H7N7O/c5-2-8-3(7-1-12)10-4(9-2)11-6/h6,12H,1H2,(H3,5,7,8,9,10). The summed E-state index contributed by atoms with van der Waals surface area (Å²) in [6, 6.07) is 0. The number of nitrogens with zero attached hydrogens (tertiary/aromatic N) is 4. The Morgan fingerprint density at radius 2 is 2.25 bits per heavy atom. The number of aliphatic hydroxyl groups excluding tert-OH is 1. The Labute approximate surface area is 67.4 Å². The third-order valence-electron chi connectivity index (χ3n) is 0.978. The first-order chi connectivity index (χ1) is 5.76. The van der Waals surface area contributed by atoms with E-state index >= 15 is 0 Å². The second kappa shape index (κ2) is 3.53. The number of hydrogen-bond donors (Lipinski definition) is 4. The number of nitrogen functional groups attached to an aromatic ring is 1. The summed E-state index contributed by atoms with van der Waals surface area (Å²) in [6.07, 6.45) is 0. The number of aliphatic hydroxyl groups is 1. The highest BCUT2D eigenvalue weighted by Gasteiger charge is 2.00. The van der Waals surface area contributed by atoms with E-state index in [4.69, 9.17) is 16.4 Å². The molecule has 0 spiro atoms. The molecule has 0 atom stereocenters. The lowest BCUT2D eigenvalue weighted by Crippen LogP contribution is -2.06. The SMILES string of the molecule is N=Nc1nc(N)nc(NCO)n1. The van der Waals surface area contributed by atoms with Crippen molar-refractivity contribution < 1.29 is 5.11 Å². The van der Waals surface area contributed by atoms with Gasteiger partial charge in [0, 0.05) is 0 Å². The van der Waals surface area contributed by atoms with E-state index in [1.54, 1.807) is 0 Å². The van der Waals surface area contributed by atoms with Crippen molar-refractivity contribution in [1.29, 1.82) is 5.53 Å². The predicted molar refractivity (Wildman–Crippen MR) is 39.8 cm³/mol. The predicted octanol–water partition coefficient (Wildman–Crippen LogP) is -0.522. The number of anilines is 2. The molecule has 0 unspecified atom stereocenters. The largest absolute Gasteiger partial charge is 0.376 e. The maximum absolute atomic E-state index is 8.44. The van der Waals surface area contributed by atoms with Crippen LogP contribution in [0.2, 0.25) is 0 Å². The van der Waals surface area contributed by atoms with Crippen LogP contribution in [0.5, 0.6) is 0 Å². The van der Waals surface area contributed by atoms with Crippen molar-refractivity contribution in [1.82, 2.24) is 15.0 Å². The number of nitrogens with one attached hydrogen (secondary N) is 2. The molecular weight excluding hydrogens is 162 g/mol. The average Bonchev–Trinajstić information content (AvgIpc) is 2.04. The number of rotatable bonds is 3. The second-order valence-corrected chi connectivity index (χ2v) is 1.76. The molecule has 8 heteroatoms. The Morgan fingerprint density at radius 3 is 2.83 bits per heavy atom. The molecule has 0 aliphatic heterocycles. The highest BCUT2D eigenvalue weighted by atomic mass is 16.3. The van der Waals surface area contributed by atoms with Crippen molar-refractivity contribution in [3.8, 4) is 0 Å². The van der Waals surface area contributed by atoms with Crippen LogP contribution in [-0.2, 0) is 0 Å². The van der Waals surface area contributed by atoms with Gasteiger partial charge in [-0.05, 0) is 0 Å². The zero-order valence-electron chi connectivity index (χ0n) is 6.02. The van der Waals surface area contributed by atoms with E-state index in [-0.39, 0.29) is 24.6 Å². The molecular formula is C4H7N7O. The molecule has 0 bridgehead atoms. The van der Waals surface area contributed by atoms with E-state index in [1.807, 2.05) is 0 Å². The topological polar surface area (TPSA) is 133 Å². The van der Waals surface area contributed by atoms with Gasteiger partial charge in [-0.3, -0.25) is 0 Å². The number of aromatic nitrogens is 3. The maximum atomic E-state index is 8.44. The van der Waals surface area contributed by atoms with Crippen LogP contribution in [0.15, 0.2) is 5.11 Å². The van der Waals surface area contributed by atoms with Crippen molar-refractivity contribution >= 4 is 17.8 Å². The van der Waals surface area contributed by atoms with Crippen molar-refractivity contribution in [3.05, 3.63) is 0 Å². The quantitative estimate of drug-likeness (QED) is 0.355. The first-order valence-corrected chi connectivity index (χ1v) is 3.00. The van der Waals surface area contributed by atoms with Crippen molar-refractivity contribution in [2.75, 3.05) is 17.8 Å². The van der Waals surface area contributed by atoms with Gasteiger partial charge < -0.3 is 16.2 Å². The summed E-state index contributed by atoms with van der Waals surface area (Å²) in [5, 5.41) is 13.8. The Hall–Kier alpha value is -1.83. The Balaban J connectivity index is 2.97. The van der Waals surface area contributed by atoms with Gasteiger partial charge in [-0.2, -0.15) is 15.0 Å². The van der Waals surface area contributed by atoms with E-state index in [1.165, 1.54) is 0 Å². The van der Waals surface area contributed by atoms with Crippen molar-refractivity contribution in [3.63, 3.8) is 0 Å². The average molecular weight is 169 g/mol. The fraction of sp³-hybridized carbons (Fsp3) is 0.250. The second-order valence-electron chi connectivity index (χ2n) is 1.76. The summed E-state index contributed by atoms with van der Waals surface area (Å²) < 4.78 is 0. The third-order valence-corrected chi connectivity index (χ3v) is 0.978. The van der Waals surface area contributed by atoms with Gasteiger partial charge in [0.2, 0.25) is 11.9 Å². The van der Waals surface area contributed by atoms with Gasteiger partial charge >= 0.3 is 0 Å². The van der Waals surface area contributed by atoms with Gasteiger partial charge in [0.15, 0.2) is 0 Å². The monoisotopic (exact) mass is 169 g/mol. The fourth-order valence-corrected chi connectivity index (χ4v) is 0.580. The smallest absolute Gasteiger partial charge is 0.274 e. The molecule has 12 heavy (non-hydrogen) atoms. The molecule has 5 N–H and O–H groups in total. The maximum Gasteiger partial charge on any atom is 0.274 e. The van der Waals surface area contributed by atoms with Crippen LogP contribution in [0.4, 0.5) is 17.8 Å². The van der Waals surface area contributed by atoms with Crippen LogP contribution in [0.3, 0.4) is 0 Å². The highest BCUT2D eigenvalue weighted by molar-refractivity contribution is 5.35. The van der Waals surface area contributed by atoms with Gasteiger partial charge in [-0.25, -0.2) is 5.53 Å². The lowest BCUT2D eigenvalue weighted by atomic mass is 10.8. The van der Waals surface area contributed by atoms with Gasteiger partial charge in [0.25, 0.3) is 5.95 Å². The third kappa shape index (κ3) is 1.83. The van der Waals surface area contributed by atoms with Gasteiger partial charge in [-0.15, -0.1) is 5.11 Å². The minimum absolute atomic E-state index is 0.0491. The molecule has 1 rings (SSSR count). The summed E-state index contributed by atoms with van der Waals surface area (Å²) in [5.41, 5.74) is 11.8. The van der Waals surface area contributed by atoms with Crippen LogP contribution in [0, 0.1) is 5.53 Å². The Kier molecular flexibility index (Phi) is 2.43. The van der Waals surface area contributed by atoms with E-state index < -0.39 is 0 Å². The van der Waals surface area contributed by atoms with Crippen LogP contribution < -0.4 is 11.1 Å². The lowest BCUT2D eigenvalue weighted by Gasteiger charge is -2.00. The van der Waals surface area contributed by atoms with E-state index in [9.17, 15) is 0 Å². The molecule has 1 aromatic heterocycles. The Bertz CT molecular complexity index is 287. The van der Waals surface area contributed by atoms with E-state index in [0.29, 0.717) is 0 Å². The summed E-state index contributed by atoms with van der Waals surface area (Å²) in [6.45, 7) is -0.319. The minimum Gasteiger partial charge on any atom is -0.376 e. The van der Waals surface area contributed by atoms with Gasteiger partial charge in [0.05, 0.1) is 0 Å². The summed E-state index contributed by atoms with van der Waals surface area (Å²) >= 11 is 0. The summed E-state index contributed by atoms with van der Waals surface area (Å²) in [4.78, 5) is 10.7. The number of hydrogen-bond acceptors (Lipinski definition) is 8. The van der Waals surface area contributed by atoms with Crippen molar-refractivity contribution in [2.24, 2.45) is 5.11 Å². The van der Waals surface area contributed by atoms with Crippen LogP contribution in [-0.4, -0.2) is 26.8 Å². The van der Waals surface area contributed by atoms with Crippen LogP contribution in [0.1, 0.15) is 0 Å². The minimum atomic E-state index is -0.319. The molecule has 0 fully saturated rings. The first kappa shape index (κ1) is 8.27. The zero-order valence-corrected chi connectivity index (χ0v) is 6.02. The van der Waals surface area contributed by atoms with E-state index in [0.717, 1.165) is 0 Å². The number of nitrogens with two attached hydrogens (primary N) is 1. The molecule has 0 aliphatic rings. The van der Waals surface area contributed by atoms with Crippen LogP contribution >= 0.6 is 0 Å². The van der Waals surface area contributed by atoms with Gasteiger partial charge in [0.1, 0.15) is 6.73 Å². The first-order valence-electron chi connectivity index (χ1n) is 3.00. The summed E-state index contributed by atoms with van der Waals surface area (Å²) in [7, 11) is 0. The highest BCUT2D eigenvalue weighted by Crippen LogP contribution is 2.07. The lowest BCUT2D eigenvalue weighted by molar-refractivity contribution is 0.324. The molecule has 1 aromatic rings. The van der Waals surface area contributed by atoms with E-state index in [2.05, 4.69) is 25.4 Å². The van der Waals surface area contributed by atoms with Crippen molar-refractivity contribution in [2.45, 2.75) is 0 Å². The van der Waals surface area contributed by atoms with Gasteiger partial charge in [-0.1, -0.05) is 0 Å². The molecule has 0 aliphatic carbocycles. The molecule has 0 aromatic carbocycles. The molecule has 0 amide bonds. The normalized spacial score (nSPS) is 9.42. The molecule has 0 saturated carbocycles. The summed E-state index contributed by atoms with van der Waals surface area (Å²) in [5.74, 6) is -0.0543. The molecule has 64 valence electrons. The zero-order chi connectivity index (χ0) is 8.97. The Morgan fingerprint density at radius 1 is 1.50 bits per heavy atom. The molecule has 8 nitrogen and oxygen atoms in total. The molecule has 1 heterocycles. The molecule has 0 saturated heterocycles. The fourth-order valence-electron chi connectivity index (χ4n) is 0.580.